The number of amides is 1. The zero-order valence-electron chi connectivity index (χ0n) is 20.3. The summed E-state index contributed by atoms with van der Waals surface area (Å²) < 4.78 is 33.9. The molecule has 0 spiro atoms. The molecule has 1 aliphatic rings. The Labute approximate surface area is 212 Å². The highest BCUT2D eigenvalue weighted by Gasteiger charge is 2.30. The fourth-order valence-corrected chi connectivity index (χ4v) is 5.51. The summed E-state index contributed by atoms with van der Waals surface area (Å²) in [6, 6.07) is 6.57. The Morgan fingerprint density at radius 1 is 1.22 bits per heavy atom. The molecule has 0 atom stereocenters. The number of carbonyl (C=O) groups excluding carboxylic acids is 1. The Balaban J connectivity index is 1.80. The maximum Gasteiger partial charge on any atom is 0.293 e. The summed E-state index contributed by atoms with van der Waals surface area (Å²) in [5.74, 6) is 0.212. The number of aromatic amines is 1. The minimum Gasteiger partial charge on any atom is -0.493 e. The predicted octanol–water partition coefficient (Wildman–Crippen LogP) is 1.72. The lowest BCUT2D eigenvalue weighted by atomic mass is 10.1. The van der Waals surface area contributed by atoms with E-state index >= 15 is 0 Å². The van der Waals surface area contributed by atoms with Crippen molar-refractivity contribution < 1.29 is 22.9 Å². The van der Waals surface area contributed by atoms with E-state index < -0.39 is 26.2 Å². The number of nitro benzene ring substituents is 1. The van der Waals surface area contributed by atoms with Crippen molar-refractivity contribution in [3.8, 4) is 17.1 Å². The third-order valence-electron chi connectivity index (χ3n) is 6.04. The highest BCUT2D eigenvalue weighted by atomic mass is 32.2. The van der Waals surface area contributed by atoms with Crippen LogP contribution in [0.3, 0.4) is 0 Å². The van der Waals surface area contributed by atoms with E-state index in [4.69, 9.17) is 10.5 Å². The number of hydrogen-bond donors (Lipinski definition) is 2. The number of piperazine rings is 1. The van der Waals surface area contributed by atoms with E-state index in [1.54, 1.807) is 4.90 Å². The smallest absolute Gasteiger partial charge is 0.293 e. The van der Waals surface area contributed by atoms with Crippen molar-refractivity contribution in [1.29, 1.82) is 0 Å². The number of nitrogens with one attached hydrogen (secondary N) is 1. The summed E-state index contributed by atoms with van der Waals surface area (Å²) >= 11 is 0. The van der Waals surface area contributed by atoms with Crippen LogP contribution >= 0.6 is 0 Å². The maximum atomic E-state index is 13.4. The Morgan fingerprint density at radius 3 is 2.54 bits per heavy atom. The summed E-state index contributed by atoms with van der Waals surface area (Å²) in [6.45, 7) is 4.55. The van der Waals surface area contributed by atoms with Crippen molar-refractivity contribution in [3.05, 3.63) is 50.8 Å². The van der Waals surface area contributed by atoms with Crippen LogP contribution in [-0.2, 0) is 14.8 Å². The molecule has 1 amide bonds. The first kappa shape index (κ1) is 26.0. The summed E-state index contributed by atoms with van der Waals surface area (Å²) in [5.41, 5.74) is 4.89. The average molecular weight is 531 g/mol. The van der Waals surface area contributed by atoms with Gasteiger partial charge in [-0.15, -0.1) is 0 Å². The van der Waals surface area contributed by atoms with Crippen LogP contribution in [0.4, 0.5) is 11.4 Å². The number of H-pyrrole nitrogens is 1. The number of nitro groups is 1. The third kappa shape index (κ3) is 5.11. The molecule has 1 saturated heterocycles. The SMILES string of the molecule is CCCOc1ccc(S(=O)(=O)N2CCN(C(C)=O)CC2)cc1-c1nc2cc(N)c([N+](=O)[O-])cc2c(=O)[nH]1. The molecule has 0 radical (unpaired) electrons. The Bertz CT molecular complexity index is 1550. The molecule has 0 aliphatic carbocycles. The largest absolute Gasteiger partial charge is 0.493 e. The number of sulfonamides is 1. The number of nitrogens with two attached hydrogens (primary N) is 1. The maximum absolute atomic E-state index is 13.4. The van der Waals surface area contributed by atoms with E-state index in [1.165, 1.54) is 35.5 Å². The van der Waals surface area contributed by atoms with Gasteiger partial charge in [-0.3, -0.25) is 19.7 Å². The molecule has 1 aromatic heterocycles. The molecule has 3 aromatic rings. The second-order valence-electron chi connectivity index (χ2n) is 8.52. The van der Waals surface area contributed by atoms with E-state index in [1.807, 2.05) is 6.92 Å². The standard InChI is InChI=1S/C23H26N6O7S/c1-3-10-36-21-5-4-15(37(34,35)28-8-6-27(7-9-28)14(2)30)11-17(21)22-25-19-13-18(24)20(29(32)33)12-16(19)23(31)26-22/h4-5,11-13H,3,6-10,24H2,1-2H3,(H,25,26,31). The van der Waals surface area contributed by atoms with Crippen molar-refractivity contribution in [3.63, 3.8) is 0 Å². The third-order valence-corrected chi connectivity index (χ3v) is 7.93. The lowest BCUT2D eigenvalue weighted by Crippen LogP contribution is -2.49. The Kier molecular flexibility index (Phi) is 7.14. The van der Waals surface area contributed by atoms with Crippen LogP contribution < -0.4 is 16.0 Å². The van der Waals surface area contributed by atoms with Gasteiger partial charge in [0.05, 0.1) is 32.9 Å². The van der Waals surface area contributed by atoms with Gasteiger partial charge in [0.2, 0.25) is 15.9 Å². The quantitative estimate of drug-likeness (QED) is 0.261. The highest BCUT2D eigenvalue weighted by Crippen LogP contribution is 2.33. The first-order chi connectivity index (χ1) is 17.5. The van der Waals surface area contributed by atoms with Crippen LogP contribution in [0.5, 0.6) is 5.75 Å². The summed E-state index contributed by atoms with van der Waals surface area (Å²) in [4.78, 5) is 43.5. The number of anilines is 1. The minimum atomic E-state index is -3.93. The first-order valence-corrected chi connectivity index (χ1v) is 13.0. The molecule has 1 aliphatic heterocycles. The Morgan fingerprint density at radius 2 is 1.92 bits per heavy atom. The van der Waals surface area contributed by atoms with Crippen LogP contribution in [0.2, 0.25) is 0 Å². The molecule has 3 N–H and O–H groups in total. The molecule has 4 rings (SSSR count). The molecule has 13 nitrogen and oxygen atoms in total. The van der Waals surface area contributed by atoms with Gasteiger partial charge in [0.25, 0.3) is 11.2 Å². The van der Waals surface area contributed by atoms with Crippen LogP contribution in [0.25, 0.3) is 22.3 Å². The van der Waals surface area contributed by atoms with E-state index in [0.717, 1.165) is 6.07 Å². The number of hydrogen-bond acceptors (Lipinski definition) is 9. The highest BCUT2D eigenvalue weighted by molar-refractivity contribution is 7.89. The molecule has 2 aromatic carbocycles. The number of fused-ring (bicyclic) bond motifs is 1. The number of carbonyl (C=O) groups is 1. The Hall–Kier alpha value is -4.04. The molecular weight excluding hydrogens is 504 g/mol. The lowest BCUT2D eigenvalue weighted by molar-refractivity contribution is -0.383. The lowest BCUT2D eigenvalue weighted by Gasteiger charge is -2.33. The summed E-state index contributed by atoms with van der Waals surface area (Å²) in [7, 11) is -3.93. The molecular formula is C23H26N6O7S. The zero-order valence-corrected chi connectivity index (χ0v) is 21.1. The van der Waals surface area contributed by atoms with Gasteiger partial charge >= 0.3 is 0 Å². The summed E-state index contributed by atoms with van der Waals surface area (Å²) in [5, 5.41) is 11.2. The number of nitrogens with zero attached hydrogens (tertiary/aromatic N) is 4. The molecule has 2 heterocycles. The summed E-state index contributed by atoms with van der Waals surface area (Å²) in [6.07, 6.45) is 0.682. The molecule has 0 unspecified atom stereocenters. The average Bonchev–Trinajstić information content (AvgIpc) is 2.86. The van der Waals surface area contributed by atoms with Crippen molar-refractivity contribution in [2.24, 2.45) is 0 Å². The number of nitrogen functional groups attached to an aromatic ring is 1. The van der Waals surface area contributed by atoms with E-state index in [9.17, 15) is 28.1 Å². The van der Waals surface area contributed by atoms with E-state index in [2.05, 4.69) is 9.97 Å². The second kappa shape index (κ2) is 10.1. The second-order valence-corrected chi connectivity index (χ2v) is 10.5. The van der Waals surface area contributed by atoms with Crippen molar-refractivity contribution in [2.75, 3.05) is 38.5 Å². The predicted molar refractivity (Wildman–Crippen MR) is 136 cm³/mol. The topological polar surface area (TPSA) is 182 Å². The number of aromatic nitrogens is 2. The van der Waals surface area contributed by atoms with Crippen LogP contribution in [0.15, 0.2) is 40.0 Å². The molecule has 1 fully saturated rings. The first-order valence-electron chi connectivity index (χ1n) is 11.5. The van der Waals surface area contributed by atoms with Crippen LogP contribution in [-0.4, -0.2) is 71.2 Å². The molecule has 37 heavy (non-hydrogen) atoms. The van der Waals surface area contributed by atoms with Gasteiger partial charge in [0.15, 0.2) is 0 Å². The minimum absolute atomic E-state index is 0.0234. The van der Waals surface area contributed by atoms with Crippen molar-refractivity contribution in [2.45, 2.75) is 25.2 Å². The van der Waals surface area contributed by atoms with E-state index in [0.29, 0.717) is 18.8 Å². The van der Waals surface area contributed by atoms with Gasteiger partial charge in [-0.05, 0) is 30.7 Å². The fraction of sp³-hybridized carbons (Fsp3) is 0.348. The molecule has 196 valence electrons. The van der Waals surface area contributed by atoms with Crippen molar-refractivity contribution >= 4 is 38.2 Å². The number of rotatable bonds is 7. The van der Waals surface area contributed by atoms with Gasteiger partial charge in [-0.1, -0.05) is 6.92 Å². The zero-order chi connectivity index (χ0) is 26.9. The molecule has 14 heteroatoms. The fourth-order valence-electron chi connectivity index (χ4n) is 4.06. The monoisotopic (exact) mass is 530 g/mol. The van der Waals surface area contributed by atoms with Gasteiger partial charge < -0.3 is 20.4 Å². The van der Waals surface area contributed by atoms with E-state index in [-0.39, 0.29) is 65.0 Å². The molecule has 0 bridgehead atoms. The van der Waals surface area contributed by atoms with Crippen LogP contribution in [0.1, 0.15) is 20.3 Å². The number of benzene rings is 2. The van der Waals surface area contributed by atoms with Gasteiger partial charge in [-0.25, -0.2) is 13.4 Å². The molecule has 0 saturated carbocycles. The van der Waals surface area contributed by atoms with Gasteiger partial charge in [-0.2, -0.15) is 4.31 Å². The van der Waals surface area contributed by atoms with Gasteiger partial charge in [0, 0.05) is 39.2 Å². The van der Waals surface area contributed by atoms with Gasteiger partial charge in [0.1, 0.15) is 17.3 Å². The van der Waals surface area contributed by atoms with Crippen LogP contribution in [0, 0.1) is 10.1 Å². The number of ether oxygens (including phenoxy) is 1. The normalized spacial score (nSPS) is 14.6. The van der Waals surface area contributed by atoms with Crippen molar-refractivity contribution in [1.82, 2.24) is 19.2 Å².